The minimum atomic E-state index is 0.455. The van der Waals surface area contributed by atoms with Crippen molar-refractivity contribution >= 4 is 22.5 Å². The molecule has 0 saturated carbocycles. The van der Waals surface area contributed by atoms with E-state index in [-0.39, 0.29) is 0 Å². The van der Waals surface area contributed by atoms with Gasteiger partial charge in [-0.2, -0.15) is 5.10 Å². The fourth-order valence-electron chi connectivity index (χ4n) is 4.43. The van der Waals surface area contributed by atoms with Crippen molar-refractivity contribution in [3.8, 4) is 11.1 Å². The maximum atomic E-state index is 4.93. The average Bonchev–Trinajstić information content (AvgIpc) is 3.38. The van der Waals surface area contributed by atoms with Gasteiger partial charge < -0.3 is 20.5 Å². The van der Waals surface area contributed by atoms with Crippen LogP contribution in [0.25, 0.3) is 22.2 Å². The highest BCUT2D eigenvalue weighted by Crippen LogP contribution is 2.33. The smallest absolute Gasteiger partial charge is 0.139 e. The molecule has 0 amide bonds. The lowest BCUT2D eigenvalue weighted by molar-refractivity contribution is 0.405. The number of H-pyrrole nitrogens is 1. The predicted molar refractivity (Wildman–Crippen MR) is 124 cm³/mol. The third kappa shape index (κ3) is 3.98. The molecule has 0 bridgehead atoms. The van der Waals surface area contributed by atoms with Gasteiger partial charge in [-0.25, -0.2) is 9.97 Å². The molecule has 31 heavy (non-hydrogen) atoms. The van der Waals surface area contributed by atoms with Crippen LogP contribution in [0.3, 0.4) is 0 Å². The van der Waals surface area contributed by atoms with E-state index >= 15 is 0 Å². The minimum absolute atomic E-state index is 0.455. The van der Waals surface area contributed by atoms with Crippen molar-refractivity contribution in [2.24, 2.45) is 7.05 Å². The first-order valence-corrected chi connectivity index (χ1v) is 10.7. The standard InChI is InChI=1S/C23H28N8/c1-15-12-31(13-16(2)28-15)21-6-4-5-18(29-21)10-25-20-7-8-24-23-22(20)19(11-26-23)17-9-27-30(3)14-17/h4-9,11,14-16,28H,10,12-13H2,1-3H3,(H2,24,25,26)/t15-,16+. The van der Waals surface area contributed by atoms with Gasteiger partial charge in [0.15, 0.2) is 0 Å². The molecule has 0 unspecified atom stereocenters. The lowest BCUT2D eigenvalue weighted by Gasteiger charge is -2.37. The number of nitrogens with one attached hydrogen (secondary N) is 3. The molecule has 160 valence electrons. The van der Waals surface area contributed by atoms with Crippen molar-refractivity contribution in [3.05, 3.63) is 54.7 Å². The third-order valence-electron chi connectivity index (χ3n) is 5.72. The summed E-state index contributed by atoms with van der Waals surface area (Å²) in [7, 11) is 1.92. The molecular formula is C23H28N8. The van der Waals surface area contributed by atoms with Gasteiger partial charge >= 0.3 is 0 Å². The first-order chi connectivity index (χ1) is 15.1. The number of hydrogen-bond donors (Lipinski definition) is 3. The molecule has 3 N–H and O–H groups in total. The highest BCUT2D eigenvalue weighted by molar-refractivity contribution is 6.02. The van der Waals surface area contributed by atoms with E-state index in [0.29, 0.717) is 18.6 Å². The predicted octanol–water partition coefficient (Wildman–Crippen LogP) is 3.16. The fourth-order valence-corrected chi connectivity index (χ4v) is 4.43. The Morgan fingerprint density at radius 3 is 2.77 bits per heavy atom. The quantitative estimate of drug-likeness (QED) is 0.463. The summed E-state index contributed by atoms with van der Waals surface area (Å²) in [5.74, 6) is 1.04. The molecule has 5 heterocycles. The second-order valence-corrected chi connectivity index (χ2v) is 8.40. The van der Waals surface area contributed by atoms with Crippen molar-refractivity contribution < 1.29 is 0 Å². The second kappa shape index (κ2) is 8.03. The van der Waals surface area contributed by atoms with Crippen molar-refractivity contribution in [1.29, 1.82) is 0 Å². The van der Waals surface area contributed by atoms with Crippen LogP contribution in [0.1, 0.15) is 19.5 Å². The fraction of sp³-hybridized carbons (Fsp3) is 0.348. The zero-order valence-corrected chi connectivity index (χ0v) is 18.1. The Hall–Kier alpha value is -3.39. The van der Waals surface area contributed by atoms with E-state index in [1.165, 1.54) is 0 Å². The van der Waals surface area contributed by atoms with Crippen LogP contribution in [0.15, 0.2) is 49.1 Å². The summed E-state index contributed by atoms with van der Waals surface area (Å²) in [6.45, 7) is 7.02. The van der Waals surface area contributed by atoms with Crippen molar-refractivity contribution in [3.63, 3.8) is 0 Å². The van der Waals surface area contributed by atoms with E-state index in [9.17, 15) is 0 Å². The van der Waals surface area contributed by atoms with Gasteiger partial charge in [0, 0.05) is 73.0 Å². The summed E-state index contributed by atoms with van der Waals surface area (Å²) in [5.41, 5.74) is 5.05. The number of aryl methyl sites for hydroxylation is 1. The van der Waals surface area contributed by atoms with Crippen LogP contribution in [0.5, 0.6) is 0 Å². The summed E-state index contributed by atoms with van der Waals surface area (Å²) in [6, 6.07) is 9.19. The van der Waals surface area contributed by atoms with Gasteiger partial charge in [0.2, 0.25) is 0 Å². The van der Waals surface area contributed by atoms with Gasteiger partial charge in [-0.15, -0.1) is 0 Å². The number of aromatic nitrogens is 5. The molecule has 1 saturated heterocycles. The van der Waals surface area contributed by atoms with E-state index in [2.05, 4.69) is 62.6 Å². The molecule has 4 aromatic heterocycles. The number of piperazine rings is 1. The van der Waals surface area contributed by atoms with Crippen LogP contribution in [-0.4, -0.2) is 49.9 Å². The van der Waals surface area contributed by atoms with Gasteiger partial charge in [-0.3, -0.25) is 4.68 Å². The van der Waals surface area contributed by atoms with Gasteiger partial charge in [-0.05, 0) is 32.0 Å². The lowest BCUT2D eigenvalue weighted by atomic mass is 10.1. The number of hydrogen-bond acceptors (Lipinski definition) is 6. The van der Waals surface area contributed by atoms with Crippen LogP contribution < -0.4 is 15.5 Å². The SMILES string of the molecule is C[C@@H]1CN(c2cccc(CNc3ccnc4[nH]cc(-c5cnn(C)c5)c34)n2)C[C@H](C)N1. The summed E-state index contributed by atoms with van der Waals surface area (Å²) in [4.78, 5) is 15.1. The van der Waals surface area contributed by atoms with Crippen LogP contribution in [0.4, 0.5) is 11.5 Å². The Kier molecular flexibility index (Phi) is 5.07. The zero-order chi connectivity index (χ0) is 21.4. The molecule has 1 fully saturated rings. The molecule has 5 rings (SSSR count). The number of aromatic amines is 1. The Labute approximate surface area is 181 Å². The topological polar surface area (TPSA) is 86.7 Å². The van der Waals surface area contributed by atoms with Crippen molar-refractivity contribution in [2.45, 2.75) is 32.5 Å². The van der Waals surface area contributed by atoms with E-state index in [4.69, 9.17) is 4.98 Å². The molecule has 0 spiro atoms. The molecule has 0 radical (unpaired) electrons. The minimum Gasteiger partial charge on any atom is -0.379 e. The van der Waals surface area contributed by atoms with E-state index in [1.54, 1.807) is 0 Å². The van der Waals surface area contributed by atoms with Crippen LogP contribution in [-0.2, 0) is 13.6 Å². The number of rotatable bonds is 5. The molecule has 0 aliphatic carbocycles. The Bertz CT molecular complexity index is 1180. The first-order valence-electron chi connectivity index (χ1n) is 10.7. The Morgan fingerprint density at radius 2 is 2.00 bits per heavy atom. The molecule has 8 nitrogen and oxygen atoms in total. The van der Waals surface area contributed by atoms with Crippen molar-refractivity contribution in [1.82, 2.24) is 30.0 Å². The summed E-state index contributed by atoms with van der Waals surface area (Å²) in [5, 5.41) is 12.5. The maximum absolute atomic E-state index is 4.93. The summed E-state index contributed by atoms with van der Waals surface area (Å²) >= 11 is 0. The molecular weight excluding hydrogens is 388 g/mol. The van der Waals surface area contributed by atoms with E-state index in [1.807, 2.05) is 42.6 Å². The van der Waals surface area contributed by atoms with Gasteiger partial charge in [-0.1, -0.05) is 6.07 Å². The van der Waals surface area contributed by atoms with E-state index in [0.717, 1.165) is 52.4 Å². The highest BCUT2D eigenvalue weighted by Gasteiger charge is 2.22. The number of anilines is 2. The Morgan fingerprint density at radius 1 is 1.16 bits per heavy atom. The maximum Gasteiger partial charge on any atom is 0.139 e. The molecule has 2 atom stereocenters. The molecule has 1 aliphatic heterocycles. The monoisotopic (exact) mass is 416 g/mol. The average molecular weight is 417 g/mol. The normalized spacial score (nSPS) is 19.1. The van der Waals surface area contributed by atoms with Gasteiger partial charge in [0.05, 0.1) is 18.4 Å². The van der Waals surface area contributed by atoms with Crippen molar-refractivity contribution in [2.75, 3.05) is 23.3 Å². The van der Waals surface area contributed by atoms with Crippen LogP contribution >= 0.6 is 0 Å². The van der Waals surface area contributed by atoms with Crippen LogP contribution in [0.2, 0.25) is 0 Å². The molecule has 0 aromatic carbocycles. The summed E-state index contributed by atoms with van der Waals surface area (Å²) < 4.78 is 1.81. The molecule has 4 aromatic rings. The number of nitrogens with zero attached hydrogens (tertiary/aromatic N) is 5. The second-order valence-electron chi connectivity index (χ2n) is 8.40. The third-order valence-corrected chi connectivity index (χ3v) is 5.72. The Balaban J connectivity index is 1.39. The lowest BCUT2D eigenvalue weighted by Crippen LogP contribution is -2.54. The largest absolute Gasteiger partial charge is 0.379 e. The zero-order valence-electron chi connectivity index (χ0n) is 18.1. The van der Waals surface area contributed by atoms with E-state index < -0.39 is 0 Å². The number of pyridine rings is 2. The van der Waals surface area contributed by atoms with Gasteiger partial charge in [0.25, 0.3) is 0 Å². The van der Waals surface area contributed by atoms with Crippen LogP contribution in [0, 0.1) is 0 Å². The highest BCUT2D eigenvalue weighted by atomic mass is 15.3. The van der Waals surface area contributed by atoms with Gasteiger partial charge in [0.1, 0.15) is 11.5 Å². The number of fused-ring (bicyclic) bond motifs is 1. The molecule has 1 aliphatic rings. The molecule has 8 heteroatoms. The summed E-state index contributed by atoms with van der Waals surface area (Å²) in [6.07, 6.45) is 7.70. The first kappa shape index (κ1) is 19.6.